The van der Waals surface area contributed by atoms with Gasteiger partial charge in [-0.25, -0.2) is 9.18 Å². The molecule has 0 aliphatic carbocycles. The lowest BCUT2D eigenvalue weighted by molar-refractivity contribution is 0.0688. The van der Waals surface area contributed by atoms with Crippen molar-refractivity contribution in [1.29, 1.82) is 0 Å². The molecule has 0 spiro atoms. The second-order valence-corrected chi connectivity index (χ2v) is 2.60. The highest BCUT2D eigenvalue weighted by molar-refractivity contribution is 6.32. The van der Waals surface area contributed by atoms with Gasteiger partial charge in [-0.3, -0.25) is 0 Å². The van der Waals surface area contributed by atoms with Crippen LogP contribution >= 0.6 is 11.6 Å². The third-order valence-electron chi connectivity index (χ3n) is 1.38. The SMILES string of the molecule is O=C(O)c1c(O)cc(O)c(Cl)c1F. The molecular weight excluding hydrogens is 203 g/mol. The van der Waals surface area contributed by atoms with E-state index in [9.17, 15) is 9.18 Å². The largest absolute Gasteiger partial charge is 0.507 e. The zero-order chi connectivity index (χ0) is 10.2. The maximum absolute atomic E-state index is 12.9. The summed E-state index contributed by atoms with van der Waals surface area (Å²) in [5.41, 5.74) is -0.956. The second-order valence-electron chi connectivity index (χ2n) is 2.22. The maximum atomic E-state index is 12.9. The summed E-state index contributed by atoms with van der Waals surface area (Å²) in [5.74, 6) is -4.59. The van der Waals surface area contributed by atoms with Crippen LogP contribution in [0.25, 0.3) is 0 Å². The van der Waals surface area contributed by atoms with Crippen LogP contribution in [0.5, 0.6) is 11.5 Å². The molecule has 1 rings (SSSR count). The lowest BCUT2D eigenvalue weighted by Crippen LogP contribution is -2.01. The van der Waals surface area contributed by atoms with Crippen molar-refractivity contribution in [3.8, 4) is 11.5 Å². The van der Waals surface area contributed by atoms with Crippen molar-refractivity contribution in [3.05, 3.63) is 22.5 Å². The Morgan fingerprint density at radius 2 is 1.92 bits per heavy atom. The van der Waals surface area contributed by atoms with E-state index in [1.54, 1.807) is 0 Å². The molecule has 70 valence electrons. The average molecular weight is 207 g/mol. The molecule has 0 amide bonds. The van der Waals surface area contributed by atoms with E-state index in [1.165, 1.54) is 0 Å². The molecule has 3 N–H and O–H groups in total. The molecule has 1 aromatic rings. The molecule has 6 heteroatoms. The van der Waals surface area contributed by atoms with Crippen molar-refractivity contribution in [2.24, 2.45) is 0 Å². The van der Waals surface area contributed by atoms with E-state index in [0.29, 0.717) is 6.07 Å². The van der Waals surface area contributed by atoms with E-state index in [4.69, 9.17) is 26.9 Å². The maximum Gasteiger partial charge on any atom is 0.342 e. The van der Waals surface area contributed by atoms with Crippen LogP contribution in [-0.4, -0.2) is 21.3 Å². The molecule has 0 aromatic heterocycles. The van der Waals surface area contributed by atoms with Crippen LogP contribution in [0.2, 0.25) is 5.02 Å². The summed E-state index contributed by atoms with van der Waals surface area (Å²) in [7, 11) is 0. The summed E-state index contributed by atoms with van der Waals surface area (Å²) < 4.78 is 12.9. The van der Waals surface area contributed by atoms with Crippen molar-refractivity contribution in [2.75, 3.05) is 0 Å². The number of halogens is 2. The molecule has 4 nitrogen and oxygen atoms in total. The van der Waals surface area contributed by atoms with E-state index in [2.05, 4.69) is 0 Å². The fourth-order valence-electron chi connectivity index (χ4n) is 0.803. The first-order valence-corrected chi connectivity index (χ1v) is 3.46. The van der Waals surface area contributed by atoms with Crippen LogP contribution in [0.3, 0.4) is 0 Å². The number of aromatic hydroxyl groups is 2. The average Bonchev–Trinajstić information content (AvgIpc) is 1.99. The van der Waals surface area contributed by atoms with E-state index in [1.807, 2.05) is 0 Å². The fourth-order valence-corrected chi connectivity index (χ4v) is 0.952. The smallest absolute Gasteiger partial charge is 0.342 e. The predicted molar refractivity (Wildman–Crippen MR) is 41.7 cm³/mol. The molecule has 0 fully saturated rings. The summed E-state index contributed by atoms with van der Waals surface area (Å²) in [6, 6.07) is 0.662. The molecule has 0 unspecified atom stereocenters. The van der Waals surface area contributed by atoms with Gasteiger partial charge in [-0.05, 0) is 0 Å². The Labute approximate surface area is 76.8 Å². The molecule has 0 saturated heterocycles. The zero-order valence-electron chi connectivity index (χ0n) is 6.08. The Morgan fingerprint density at radius 3 is 2.38 bits per heavy atom. The predicted octanol–water partition coefficient (Wildman–Crippen LogP) is 1.59. The molecule has 0 atom stereocenters. The quantitative estimate of drug-likeness (QED) is 0.652. The number of carboxylic acid groups (broad SMARTS) is 1. The summed E-state index contributed by atoms with van der Waals surface area (Å²) >= 11 is 5.20. The number of aromatic carboxylic acids is 1. The summed E-state index contributed by atoms with van der Waals surface area (Å²) in [6.07, 6.45) is 0. The van der Waals surface area contributed by atoms with Gasteiger partial charge in [-0.2, -0.15) is 0 Å². The number of carboxylic acids is 1. The number of rotatable bonds is 1. The number of hydrogen-bond acceptors (Lipinski definition) is 3. The van der Waals surface area contributed by atoms with Gasteiger partial charge in [0.2, 0.25) is 0 Å². The third-order valence-corrected chi connectivity index (χ3v) is 1.74. The van der Waals surface area contributed by atoms with Crippen molar-refractivity contribution in [1.82, 2.24) is 0 Å². The number of phenolic OH excluding ortho intramolecular Hbond substituents is 1. The molecule has 0 saturated carbocycles. The van der Waals surface area contributed by atoms with Gasteiger partial charge in [-0.15, -0.1) is 0 Å². The number of carbonyl (C=O) groups is 1. The summed E-state index contributed by atoms with van der Waals surface area (Å²) in [4.78, 5) is 10.4. The number of benzene rings is 1. The molecule has 13 heavy (non-hydrogen) atoms. The first kappa shape index (κ1) is 9.60. The highest BCUT2D eigenvalue weighted by Gasteiger charge is 2.21. The Hall–Kier alpha value is -1.49. The van der Waals surface area contributed by atoms with Crippen molar-refractivity contribution in [3.63, 3.8) is 0 Å². The van der Waals surface area contributed by atoms with Gasteiger partial charge in [0.1, 0.15) is 22.1 Å². The minimum Gasteiger partial charge on any atom is -0.507 e. The third kappa shape index (κ3) is 1.50. The van der Waals surface area contributed by atoms with Gasteiger partial charge in [-0.1, -0.05) is 11.6 Å². The highest BCUT2D eigenvalue weighted by Crippen LogP contribution is 2.34. The molecule has 1 aromatic carbocycles. The van der Waals surface area contributed by atoms with Crippen molar-refractivity contribution >= 4 is 17.6 Å². The normalized spacial score (nSPS) is 10.0. The van der Waals surface area contributed by atoms with Gasteiger partial charge < -0.3 is 15.3 Å². The van der Waals surface area contributed by atoms with Crippen LogP contribution in [0.1, 0.15) is 10.4 Å². The van der Waals surface area contributed by atoms with Gasteiger partial charge >= 0.3 is 5.97 Å². The topological polar surface area (TPSA) is 77.8 Å². The minimum atomic E-state index is -1.66. The zero-order valence-corrected chi connectivity index (χ0v) is 6.84. The number of hydrogen-bond donors (Lipinski definition) is 3. The minimum absolute atomic E-state index is 0.662. The molecule has 0 aliphatic heterocycles. The van der Waals surface area contributed by atoms with E-state index in [-0.39, 0.29) is 0 Å². The van der Waals surface area contributed by atoms with Gasteiger partial charge in [0.05, 0.1) is 0 Å². The fraction of sp³-hybridized carbons (Fsp3) is 0. The molecule has 0 aliphatic rings. The first-order valence-electron chi connectivity index (χ1n) is 3.08. The summed E-state index contributed by atoms with van der Waals surface area (Å²) in [6.45, 7) is 0. The van der Waals surface area contributed by atoms with Gasteiger partial charge in [0, 0.05) is 6.07 Å². The van der Waals surface area contributed by atoms with E-state index in [0.717, 1.165) is 0 Å². The van der Waals surface area contributed by atoms with Crippen LogP contribution in [0.4, 0.5) is 4.39 Å². The van der Waals surface area contributed by atoms with Gasteiger partial charge in [0.15, 0.2) is 5.82 Å². The lowest BCUT2D eigenvalue weighted by Gasteiger charge is -2.04. The van der Waals surface area contributed by atoms with Crippen LogP contribution in [-0.2, 0) is 0 Å². The number of phenols is 2. The molecule has 0 bridgehead atoms. The molecule has 0 radical (unpaired) electrons. The van der Waals surface area contributed by atoms with Gasteiger partial charge in [0.25, 0.3) is 0 Å². The lowest BCUT2D eigenvalue weighted by atomic mass is 10.2. The molecule has 0 heterocycles. The van der Waals surface area contributed by atoms with Crippen LogP contribution in [0, 0.1) is 5.82 Å². The second kappa shape index (κ2) is 3.10. The van der Waals surface area contributed by atoms with E-state index >= 15 is 0 Å². The Bertz CT molecular complexity index is 377. The highest BCUT2D eigenvalue weighted by atomic mass is 35.5. The Balaban J connectivity index is 3.53. The summed E-state index contributed by atoms with van der Waals surface area (Å²) in [5, 5.41) is 25.5. The standard InChI is InChI=1S/C7H4ClFO4/c8-5-3(11)1-2(10)4(6(5)9)7(12)13/h1,10-11H,(H,12,13). The van der Waals surface area contributed by atoms with Crippen molar-refractivity contribution in [2.45, 2.75) is 0 Å². The van der Waals surface area contributed by atoms with E-state index < -0.39 is 33.9 Å². The Kier molecular flexibility index (Phi) is 2.29. The molecular formula is C7H4ClFO4. The van der Waals surface area contributed by atoms with Crippen molar-refractivity contribution < 1.29 is 24.5 Å². The monoisotopic (exact) mass is 206 g/mol. The Morgan fingerprint density at radius 1 is 1.38 bits per heavy atom. The first-order chi connectivity index (χ1) is 5.95. The van der Waals surface area contributed by atoms with Crippen LogP contribution in [0.15, 0.2) is 6.07 Å². The van der Waals surface area contributed by atoms with Crippen LogP contribution < -0.4 is 0 Å².